The van der Waals surface area contributed by atoms with Gasteiger partial charge in [0.15, 0.2) is 5.84 Å². The fraction of sp³-hybridized carbons (Fsp3) is 0.385. The highest BCUT2D eigenvalue weighted by molar-refractivity contribution is 5.97. The normalized spacial score (nSPS) is 11.6. The van der Waals surface area contributed by atoms with Gasteiger partial charge in [0.05, 0.1) is 6.61 Å². The number of ether oxygens (including phenoxy) is 1. The summed E-state index contributed by atoms with van der Waals surface area (Å²) >= 11 is 0. The molecule has 0 amide bonds. The molecule has 0 aliphatic rings. The summed E-state index contributed by atoms with van der Waals surface area (Å²) < 4.78 is 5.47. The van der Waals surface area contributed by atoms with Crippen molar-refractivity contribution >= 4 is 11.7 Å². The standard InChI is InChI=1S/C12H19N5O.CH5N/c1-9(14)16-17-12(15)10-3-5-11(6-4-10)18-8-2-7-13;1-2/h3-6H,2,7-8,13H2,1H3,(H2,14,16)(H2,15,17);2H2,1H3. The van der Waals surface area contributed by atoms with E-state index in [2.05, 4.69) is 15.9 Å². The molecule has 7 nitrogen and oxygen atoms in total. The number of hydrogen-bond donors (Lipinski definition) is 4. The van der Waals surface area contributed by atoms with Crippen LogP contribution >= 0.6 is 0 Å². The molecule has 0 fully saturated rings. The van der Waals surface area contributed by atoms with Gasteiger partial charge in [-0.3, -0.25) is 0 Å². The zero-order valence-corrected chi connectivity index (χ0v) is 12.0. The van der Waals surface area contributed by atoms with E-state index in [1.807, 2.05) is 24.3 Å². The molecule has 0 aliphatic heterocycles. The number of rotatable bonds is 6. The van der Waals surface area contributed by atoms with Gasteiger partial charge in [-0.1, -0.05) is 0 Å². The van der Waals surface area contributed by atoms with Crippen molar-refractivity contribution in [2.75, 3.05) is 20.2 Å². The second-order valence-electron chi connectivity index (χ2n) is 3.74. The van der Waals surface area contributed by atoms with Crippen molar-refractivity contribution in [3.8, 4) is 5.75 Å². The Labute approximate surface area is 119 Å². The van der Waals surface area contributed by atoms with Crippen molar-refractivity contribution < 1.29 is 4.74 Å². The van der Waals surface area contributed by atoms with E-state index >= 15 is 0 Å². The summed E-state index contributed by atoms with van der Waals surface area (Å²) in [5.41, 5.74) is 21.8. The molecule has 7 heteroatoms. The molecule has 20 heavy (non-hydrogen) atoms. The van der Waals surface area contributed by atoms with Gasteiger partial charge < -0.3 is 27.7 Å². The van der Waals surface area contributed by atoms with Crippen molar-refractivity contribution in [1.82, 2.24) is 0 Å². The molecule has 0 aliphatic carbocycles. The van der Waals surface area contributed by atoms with Crippen LogP contribution in [-0.2, 0) is 0 Å². The molecule has 1 aromatic rings. The molecule has 0 saturated heterocycles. The first kappa shape index (κ1) is 17.9. The molecule has 112 valence electrons. The van der Waals surface area contributed by atoms with Gasteiger partial charge in [0, 0.05) is 5.56 Å². The number of nitrogens with zero attached hydrogens (tertiary/aromatic N) is 2. The molecule has 0 heterocycles. The Balaban J connectivity index is 0.00000172. The van der Waals surface area contributed by atoms with Gasteiger partial charge in [0.1, 0.15) is 11.6 Å². The van der Waals surface area contributed by atoms with Crippen molar-refractivity contribution in [2.24, 2.45) is 33.1 Å². The monoisotopic (exact) mass is 280 g/mol. The van der Waals surface area contributed by atoms with Crippen molar-refractivity contribution in [2.45, 2.75) is 13.3 Å². The summed E-state index contributed by atoms with van der Waals surface area (Å²) in [7, 11) is 1.50. The number of benzene rings is 1. The molecule has 1 aromatic carbocycles. The molecule has 0 bridgehead atoms. The van der Waals surface area contributed by atoms with Crippen LogP contribution in [0.2, 0.25) is 0 Å². The second kappa shape index (κ2) is 10.8. The Bertz CT molecular complexity index is 423. The van der Waals surface area contributed by atoms with Crippen LogP contribution in [0.3, 0.4) is 0 Å². The minimum atomic E-state index is 0.313. The lowest BCUT2D eigenvalue weighted by molar-refractivity contribution is 0.313. The Morgan fingerprint density at radius 2 is 1.70 bits per heavy atom. The second-order valence-corrected chi connectivity index (χ2v) is 3.74. The third-order valence-corrected chi connectivity index (χ3v) is 2.08. The highest BCUT2D eigenvalue weighted by Gasteiger charge is 1.99. The van der Waals surface area contributed by atoms with Crippen LogP contribution in [0.15, 0.2) is 34.5 Å². The molecule has 0 spiro atoms. The predicted molar refractivity (Wildman–Crippen MR) is 83.7 cm³/mol. The molecule has 0 aromatic heterocycles. The summed E-state index contributed by atoms with van der Waals surface area (Å²) in [5.74, 6) is 1.45. The average Bonchev–Trinajstić information content (AvgIpc) is 2.48. The minimum absolute atomic E-state index is 0.313. The Morgan fingerprint density at radius 1 is 1.10 bits per heavy atom. The first-order valence-electron chi connectivity index (χ1n) is 6.27. The quantitative estimate of drug-likeness (QED) is 0.251. The molecule has 8 N–H and O–H groups in total. The van der Waals surface area contributed by atoms with Crippen molar-refractivity contribution in [3.05, 3.63) is 29.8 Å². The summed E-state index contributed by atoms with van der Waals surface area (Å²) in [5, 5.41) is 7.50. The number of amidine groups is 2. The van der Waals surface area contributed by atoms with Gasteiger partial charge in [-0.2, -0.15) is 0 Å². The van der Waals surface area contributed by atoms with Crippen LogP contribution in [0.5, 0.6) is 5.75 Å². The number of hydrogen-bond acceptors (Lipinski definition) is 5. The summed E-state index contributed by atoms with van der Waals surface area (Å²) in [4.78, 5) is 0. The SMILES string of the molecule is C/C(N)=N/N=C(\N)c1ccc(OCCCN)cc1.CN. The lowest BCUT2D eigenvalue weighted by Gasteiger charge is -2.05. The van der Waals surface area contributed by atoms with Crippen LogP contribution in [0.25, 0.3) is 0 Å². The van der Waals surface area contributed by atoms with Crippen LogP contribution < -0.4 is 27.7 Å². The third kappa shape index (κ3) is 7.34. The molecular formula is C13H24N6O. The van der Waals surface area contributed by atoms with Gasteiger partial charge in [-0.15, -0.1) is 10.2 Å². The van der Waals surface area contributed by atoms with Gasteiger partial charge in [-0.25, -0.2) is 0 Å². The fourth-order valence-electron chi connectivity index (χ4n) is 1.19. The van der Waals surface area contributed by atoms with Gasteiger partial charge in [0.2, 0.25) is 0 Å². The maximum Gasteiger partial charge on any atom is 0.153 e. The smallest absolute Gasteiger partial charge is 0.153 e. The van der Waals surface area contributed by atoms with Gasteiger partial charge in [-0.05, 0) is 51.2 Å². The van der Waals surface area contributed by atoms with E-state index in [-0.39, 0.29) is 0 Å². The van der Waals surface area contributed by atoms with E-state index in [1.165, 1.54) is 7.05 Å². The van der Waals surface area contributed by atoms with E-state index in [0.29, 0.717) is 24.8 Å². The fourth-order valence-corrected chi connectivity index (χ4v) is 1.19. The Morgan fingerprint density at radius 3 is 2.20 bits per heavy atom. The first-order chi connectivity index (χ1) is 9.63. The molecule has 1 rings (SSSR count). The van der Waals surface area contributed by atoms with Gasteiger partial charge >= 0.3 is 0 Å². The van der Waals surface area contributed by atoms with E-state index < -0.39 is 0 Å². The number of nitrogens with two attached hydrogens (primary N) is 4. The molecule has 0 saturated carbocycles. The zero-order valence-electron chi connectivity index (χ0n) is 12.0. The highest BCUT2D eigenvalue weighted by Crippen LogP contribution is 2.12. The third-order valence-electron chi connectivity index (χ3n) is 2.08. The van der Waals surface area contributed by atoms with Crippen LogP contribution in [0.1, 0.15) is 18.9 Å². The van der Waals surface area contributed by atoms with Crippen LogP contribution in [0, 0.1) is 0 Å². The largest absolute Gasteiger partial charge is 0.494 e. The summed E-state index contributed by atoms with van der Waals surface area (Å²) in [6.45, 7) is 2.87. The molecule has 0 atom stereocenters. The van der Waals surface area contributed by atoms with Crippen LogP contribution in [-0.4, -0.2) is 31.9 Å². The maximum absolute atomic E-state index is 5.75. The van der Waals surface area contributed by atoms with Crippen molar-refractivity contribution in [3.63, 3.8) is 0 Å². The molecule has 0 unspecified atom stereocenters. The van der Waals surface area contributed by atoms with Gasteiger partial charge in [0.25, 0.3) is 0 Å². The first-order valence-corrected chi connectivity index (χ1v) is 6.27. The average molecular weight is 280 g/mol. The van der Waals surface area contributed by atoms with E-state index in [0.717, 1.165) is 17.7 Å². The topological polar surface area (TPSA) is 138 Å². The maximum atomic E-state index is 5.75. The lowest BCUT2D eigenvalue weighted by atomic mass is 10.2. The predicted octanol–water partition coefficient (Wildman–Crippen LogP) is -0.0135. The van der Waals surface area contributed by atoms with E-state index in [4.69, 9.17) is 21.9 Å². The summed E-state index contributed by atoms with van der Waals surface area (Å²) in [6, 6.07) is 7.29. The van der Waals surface area contributed by atoms with Crippen molar-refractivity contribution in [1.29, 1.82) is 0 Å². The zero-order chi connectivity index (χ0) is 15.4. The molecular weight excluding hydrogens is 256 g/mol. The minimum Gasteiger partial charge on any atom is -0.494 e. The van der Waals surface area contributed by atoms with E-state index in [9.17, 15) is 0 Å². The Kier molecular flexibility index (Phi) is 9.63. The lowest BCUT2D eigenvalue weighted by Crippen LogP contribution is -2.14. The summed E-state index contributed by atoms with van der Waals surface area (Å²) in [6.07, 6.45) is 0.829. The van der Waals surface area contributed by atoms with Crippen LogP contribution in [0.4, 0.5) is 0 Å². The van der Waals surface area contributed by atoms with E-state index in [1.54, 1.807) is 6.92 Å². The highest BCUT2D eigenvalue weighted by atomic mass is 16.5. The molecule has 0 radical (unpaired) electrons. The Hall–Kier alpha value is -2.12.